The maximum atomic E-state index is 12.6. The first kappa shape index (κ1) is 21.0. The maximum Gasteiger partial charge on any atom is 0.411 e. The number of carbonyl (C=O) groups is 2. The molecule has 7 heteroatoms. The molecule has 0 unspecified atom stereocenters. The van der Waals surface area contributed by atoms with Crippen LogP contribution < -0.4 is 5.32 Å². The molecule has 156 valence electrons. The van der Waals surface area contributed by atoms with Crippen LogP contribution in [0.5, 0.6) is 0 Å². The highest BCUT2D eigenvalue weighted by atomic mass is 79.9. The van der Waals surface area contributed by atoms with E-state index in [0.717, 1.165) is 46.4 Å². The standard InChI is InChI=1S/C23H23BrN2O3S/c24-19-4-1-17(2-5-19)22(27)18-7-10-26(11-8-18)12-13-29-23(28)25-20-6-3-16-9-14-30-21(16)15-20/h1-6,9,14-15,18H,7-8,10-13H2,(H,25,28). The Kier molecular flexibility index (Phi) is 6.82. The topological polar surface area (TPSA) is 58.6 Å². The SMILES string of the molecule is O=C(Nc1ccc2ccsc2c1)OCCN1CCC(C(=O)c2ccc(Br)cc2)CC1. The van der Waals surface area contributed by atoms with Gasteiger partial charge >= 0.3 is 6.09 Å². The summed E-state index contributed by atoms with van der Waals surface area (Å²) in [6, 6.07) is 15.4. The quantitative estimate of drug-likeness (QED) is 0.446. The molecular formula is C23H23BrN2O3S. The summed E-state index contributed by atoms with van der Waals surface area (Å²) in [6.07, 6.45) is 1.23. The van der Waals surface area contributed by atoms with Gasteiger partial charge in [-0.2, -0.15) is 0 Å². The molecule has 0 radical (unpaired) electrons. The van der Waals surface area contributed by atoms with Crippen LogP contribution in [0, 0.1) is 5.92 Å². The number of rotatable bonds is 6. The molecule has 30 heavy (non-hydrogen) atoms. The lowest BCUT2D eigenvalue weighted by Gasteiger charge is -2.31. The fraction of sp³-hybridized carbons (Fsp3) is 0.304. The predicted octanol–water partition coefficient (Wildman–Crippen LogP) is 5.81. The van der Waals surface area contributed by atoms with Crippen LogP contribution in [-0.2, 0) is 4.74 Å². The van der Waals surface area contributed by atoms with Gasteiger partial charge in [-0.15, -0.1) is 11.3 Å². The molecule has 2 heterocycles. The average molecular weight is 487 g/mol. The van der Waals surface area contributed by atoms with Gasteiger partial charge in [-0.25, -0.2) is 4.79 Å². The van der Waals surface area contributed by atoms with Crippen LogP contribution >= 0.6 is 27.3 Å². The number of Topliss-reactive ketones (excluding diaryl/α,β-unsaturated/α-hetero) is 1. The molecule has 0 bridgehead atoms. The third-order valence-corrected chi connectivity index (χ3v) is 6.84. The van der Waals surface area contributed by atoms with Crippen LogP contribution in [0.3, 0.4) is 0 Å². The normalized spacial score (nSPS) is 15.2. The highest BCUT2D eigenvalue weighted by Gasteiger charge is 2.25. The molecule has 1 amide bonds. The number of fused-ring (bicyclic) bond motifs is 1. The summed E-state index contributed by atoms with van der Waals surface area (Å²) in [7, 11) is 0. The Morgan fingerprint density at radius 1 is 1.10 bits per heavy atom. The number of benzene rings is 2. The summed E-state index contributed by atoms with van der Waals surface area (Å²) in [6.45, 7) is 2.69. The number of amides is 1. The molecule has 0 spiro atoms. The smallest absolute Gasteiger partial charge is 0.411 e. The van der Waals surface area contributed by atoms with E-state index in [1.165, 1.54) is 5.39 Å². The lowest BCUT2D eigenvalue weighted by Crippen LogP contribution is -2.38. The summed E-state index contributed by atoms with van der Waals surface area (Å²) in [5, 5.41) is 5.98. The van der Waals surface area contributed by atoms with Crippen LogP contribution in [0.25, 0.3) is 10.1 Å². The number of ether oxygens (including phenoxy) is 1. The zero-order valence-electron chi connectivity index (χ0n) is 16.5. The number of hydrogen-bond acceptors (Lipinski definition) is 5. The first-order valence-corrected chi connectivity index (χ1v) is 11.7. The number of likely N-dealkylation sites (tertiary alicyclic amines) is 1. The van der Waals surface area contributed by atoms with Crippen molar-refractivity contribution in [3.05, 3.63) is 63.9 Å². The number of piperidine rings is 1. The van der Waals surface area contributed by atoms with E-state index in [1.807, 2.05) is 47.8 Å². The summed E-state index contributed by atoms with van der Waals surface area (Å²) >= 11 is 5.04. The number of anilines is 1. The Morgan fingerprint density at radius 2 is 1.87 bits per heavy atom. The Morgan fingerprint density at radius 3 is 2.63 bits per heavy atom. The van der Waals surface area contributed by atoms with E-state index in [9.17, 15) is 9.59 Å². The summed E-state index contributed by atoms with van der Waals surface area (Å²) in [5.74, 6) is 0.291. The van der Waals surface area contributed by atoms with Crippen LogP contribution in [0.2, 0.25) is 0 Å². The Labute approximate surface area is 188 Å². The molecular weight excluding hydrogens is 464 g/mol. The Bertz CT molecular complexity index is 1030. The molecule has 4 rings (SSSR count). The van der Waals surface area contributed by atoms with Crippen LogP contribution in [0.1, 0.15) is 23.2 Å². The van der Waals surface area contributed by atoms with Gasteiger partial charge in [0, 0.05) is 32.9 Å². The molecule has 1 aliphatic heterocycles. The number of nitrogens with zero attached hydrogens (tertiary/aromatic N) is 1. The van der Waals surface area contributed by atoms with Gasteiger partial charge in [0.25, 0.3) is 0 Å². The van der Waals surface area contributed by atoms with Crippen molar-refractivity contribution < 1.29 is 14.3 Å². The van der Waals surface area contributed by atoms with Crippen LogP contribution in [0.4, 0.5) is 10.5 Å². The minimum absolute atomic E-state index is 0.0683. The van der Waals surface area contributed by atoms with Gasteiger partial charge in [0.1, 0.15) is 6.61 Å². The molecule has 5 nitrogen and oxygen atoms in total. The summed E-state index contributed by atoms with van der Waals surface area (Å²) < 4.78 is 7.45. The van der Waals surface area contributed by atoms with Crippen molar-refractivity contribution in [2.75, 3.05) is 31.6 Å². The monoisotopic (exact) mass is 486 g/mol. The van der Waals surface area contributed by atoms with Crippen molar-refractivity contribution in [2.45, 2.75) is 12.8 Å². The molecule has 1 saturated heterocycles. The van der Waals surface area contributed by atoms with E-state index < -0.39 is 6.09 Å². The van der Waals surface area contributed by atoms with Gasteiger partial charge in [0.15, 0.2) is 5.78 Å². The number of carbonyl (C=O) groups excluding carboxylic acids is 2. The maximum absolute atomic E-state index is 12.6. The van der Waals surface area contributed by atoms with Crippen molar-refractivity contribution in [1.82, 2.24) is 4.90 Å². The van der Waals surface area contributed by atoms with Gasteiger partial charge in [0.2, 0.25) is 0 Å². The number of ketones is 1. The van der Waals surface area contributed by atoms with E-state index in [-0.39, 0.29) is 11.7 Å². The third-order valence-electron chi connectivity index (χ3n) is 5.43. The number of halogens is 1. The first-order valence-electron chi connectivity index (χ1n) is 10.0. The molecule has 0 aliphatic carbocycles. The van der Waals surface area contributed by atoms with Crippen molar-refractivity contribution >= 4 is 54.9 Å². The Balaban J connectivity index is 1.18. The lowest BCUT2D eigenvalue weighted by atomic mass is 9.89. The zero-order valence-corrected chi connectivity index (χ0v) is 18.9. The van der Waals surface area contributed by atoms with Gasteiger partial charge in [-0.3, -0.25) is 15.0 Å². The molecule has 1 aromatic heterocycles. The van der Waals surface area contributed by atoms with Gasteiger partial charge in [0.05, 0.1) is 0 Å². The molecule has 3 aromatic rings. The Hall–Kier alpha value is -2.22. The van der Waals surface area contributed by atoms with Gasteiger partial charge in [-0.1, -0.05) is 34.1 Å². The number of nitrogens with one attached hydrogen (secondary N) is 1. The fourth-order valence-electron chi connectivity index (χ4n) is 3.72. The predicted molar refractivity (Wildman–Crippen MR) is 124 cm³/mol. The van der Waals surface area contributed by atoms with E-state index in [1.54, 1.807) is 11.3 Å². The van der Waals surface area contributed by atoms with Crippen LogP contribution in [-0.4, -0.2) is 43.0 Å². The highest BCUT2D eigenvalue weighted by Crippen LogP contribution is 2.25. The van der Waals surface area contributed by atoms with E-state index in [0.29, 0.717) is 13.2 Å². The van der Waals surface area contributed by atoms with Crippen molar-refractivity contribution in [3.8, 4) is 0 Å². The molecule has 0 saturated carbocycles. The molecule has 1 fully saturated rings. The van der Waals surface area contributed by atoms with E-state index in [2.05, 4.69) is 32.2 Å². The zero-order chi connectivity index (χ0) is 20.9. The van der Waals surface area contributed by atoms with Crippen LogP contribution in [0.15, 0.2) is 58.4 Å². The number of hydrogen-bond donors (Lipinski definition) is 1. The molecule has 1 aliphatic rings. The van der Waals surface area contributed by atoms with E-state index >= 15 is 0 Å². The second-order valence-corrected chi connectivity index (χ2v) is 9.28. The second-order valence-electron chi connectivity index (χ2n) is 7.42. The fourth-order valence-corrected chi connectivity index (χ4v) is 4.82. The van der Waals surface area contributed by atoms with E-state index in [4.69, 9.17) is 4.74 Å². The first-order chi connectivity index (χ1) is 14.6. The lowest BCUT2D eigenvalue weighted by molar-refractivity contribution is 0.0813. The molecule has 2 aromatic carbocycles. The van der Waals surface area contributed by atoms with Crippen molar-refractivity contribution in [1.29, 1.82) is 0 Å². The largest absolute Gasteiger partial charge is 0.448 e. The average Bonchev–Trinajstić information content (AvgIpc) is 3.22. The van der Waals surface area contributed by atoms with Crippen molar-refractivity contribution in [2.24, 2.45) is 5.92 Å². The minimum atomic E-state index is -0.439. The molecule has 1 N–H and O–H groups in total. The van der Waals surface area contributed by atoms with Crippen molar-refractivity contribution in [3.63, 3.8) is 0 Å². The second kappa shape index (κ2) is 9.73. The number of thiophene rings is 1. The summed E-state index contributed by atoms with van der Waals surface area (Å²) in [5.41, 5.74) is 1.51. The minimum Gasteiger partial charge on any atom is -0.448 e. The third kappa shape index (κ3) is 5.28. The van der Waals surface area contributed by atoms with Gasteiger partial charge < -0.3 is 4.74 Å². The molecule has 0 atom stereocenters. The highest BCUT2D eigenvalue weighted by molar-refractivity contribution is 9.10. The summed E-state index contributed by atoms with van der Waals surface area (Å²) in [4.78, 5) is 26.9. The van der Waals surface area contributed by atoms with Gasteiger partial charge in [-0.05, 0) is 67.0 Å².